The number of rotatable bonds is 7. The quantitative estimate of drug-likeness (QED) is 0.514. The van der Waals surface area contributed by atoms with Gasteiger partial charge in [0.1, 0.15) is 5.75 Å². The van der Waals surface area contributed by atoms with E-state index in [1.54, 1.807) is 0 Å². The third kappa shape index (κ3) is 5.03. The first kappa shape index (κ1) is 16.4. The molecule has 0 aliphatic carbocycles. The van der Waals surface area contributed by atoms with Crippen molar-refractivity contribution in [1.29, 1.82) is 0 Å². The molecule has 0 spiro atoms. The summed E-state index contributed by atoms with van der Waals surface area (Å²) in [6, 6.07) is 8.51. The highest BCUT2D eigenvalue weighted by Gasteiger charge is 2.46. The van der Waals surface area contributed by atoms with Crippen LogP contribution in [0.5, 0.6) is 5.75 Å². The van der Waals surface area contributed by atoms with E-state index in [0.29, 0.717) is 6.10 Å². The smallest absolute Gasteiger partial charge is 0.119 e. The van der Waals surface area contributed by atoms with Gasteiger partial charge in [-0.25, -0.2) is 0 Å². The average Bonchev–Trinajstić information content (AvgIpc) is 3.01. The van der Waals surface area contributed by atoms with Gasteiger partial charge >= 0.3 is 0 Å². The van der Waals surface area contributed by atoms with Crippen LogP contribution in [0.3, 0.4) is 0 Å². The SMILES string of the molecule is CC(C)(C)c1ccc(OCCCCCC2OC2(C)C)cc1. The van der Waals surface area contributed by atoms with Crippen LogP contribution in [0.25, 0.3) is 0 Å². The largest absolute Gasteiger partial charge is 0.494 e. The fourth-order valence-electron chi connectivity index (χ4n) is 2.59. The summed E-state index contributed by atoms with van der Waals surface area (Å²) in [5.74, 6) is 0.981. The highest BCUT2D eigenvalue weighted by atomic mass is 16.6. The van der Waals surface area contributed by atoms with Crippen molar-refractivity contribution in [3.8, 4) is 5.75 Å². The molecule has 1 aliphatic rings. The van der Waals surface area contributed by atoms with Crippen molar-refractivity contribution in [2.75, 3.05) is 6.61 Å². The van der Waals surface area contributed by atoms with E-state index >= 15 is 0 Å². The number of epoxide rings is 1. The van der Waals surface area contributed by atoms with Crippen LogP contribution in [0.4, 0.5) is 0 Å². The molecule has 1 fully saturated rings. The zero-order valence-electron chi connectivity index (χ0n) is 14.2. The predicted molar refractivity (Wildman–Crippen MR) is 88.1 cm³/mol. The summed E-state index contributed by atoms with van der Waals surface area (Å²) in [6.07, 6.45) is 5.25. The maximum atomic E-state index is 5.81. The Balaban J connectivity index is 1.58. The van der Waals surface area contributed by atoms with Gasteiger partial charge < -0.3 is 9.47 Å². The Kier molecular flexibility index (Phi) is 4.98. The van der Waals surface area contributed by atoms with Crippen molar-refractivity contribution in [3.63, 3.8) is 0 Å². The molecule has 0 N–H and O–H groups in total. The van der Waals surface area contributed by atoms with Crippen molar-refractivity contribution < 1.29 is 9.47 Å². The van der Waals surface area contributed by atoms with Crippen molar-refractivity contribution in [3.05, 3.63) is 29.8 Å². The third-order valence-electron chi connectivity index (χ3n) is 4.26. The van der Waals surface area contributed by atoms with E-state index in [-0.39, 0.29) is 11.0 Å². The Hall–Kier alpha value is -1.02. The summed E-state index contributed by atoms with van der Waals surface area (Å²) in [7, 11) is 0. The van der Waals surface area contributed by atoms with Crippen LogP contribution in [-0.2, 0) is 10.2 Å². The number of ether oxygens (including phenoxy) is 2. The predicted octanol–water partition coefficient (Wildman–Crippen LogP) is 5.10. The number of hydrogen-bond acceptors (Lipinski definition) is 2. The zero-order chi connectivity index (χ0) is 15.5. The second kappa shape index (κ2) is 6.39. The van der Waals surface area contributed by atoms with Crippen LogP contribution in [0.2, 0.25) is 0 Å². The molecule has 1 unspecified atom stereocenters. The summed E-state index contributed by atoms with van der Waals surface area (Å²) in [5.41, 5.74) is 1.70. The minimum absolute atomic E-state index is 0.144. The second-order valence-electron chi connectivity index (χ2n) is 7.68. The summed E-state index contributed by atoms with van der Waals surface area (Å²) in [5, 5.41) is 0. The molecule has 0 saturated carbocycles. The second-order valence-corrected chi connectivity index (χ2v) is 7.68. The number of benzene rings is 1. The molecular formula is C19H30O2. The lowest BCUT2D eigenvalue weighted by atomic mass is 9.87. The maximum Gasteiger partial charge on any atom is 0.119 e. The Morgan fingerprint density at radius 2 is 1.67 bits per heavy atom. The van der Waals surface area contributed by atoms with Gasteiger partial charge in [0, 0.05) is 0 Å². The van der Waals surface area contributed by atoms with E-state index < -0.39 is 0 Å². The van der Waals surface area contributed by atoms with Gasteiger partial charge in [0.25, 0.3) is 0 Å². The summed E-state index contributed by atoms with van der Waals surface area (Å²) in [6.45, 7) is 11.8. The summed E-state index contributed by atoms with van der Waals surface area (Å²) < 4.78 is 11.4. The van der Waals surface area contributed by atoms with E-state index in [1.807, 2.05) is 0 Å². The van der Waals surface area contributed by atoms with Gasteiger partial charge in [-0.05, 0) is 56.2 Å². The molecule has 21 heavy (non-hydrogen) atoms. The number of unbranched alkanes of at least 4 members (excludes halogenated alkanes) is 2. The first-order chi connectivity index (χ1) is 9.79. The van der Waals surface area contributed by atoms with E-state index in [0.717, 1.165) is 18.8 Å². The molecule has 1 aromatic rings. The minimum atomic E-state index is 0.144. The van der Waals surface area contributed by atoms with E-state index in [4.69, 9.17) is 9.47 Å². The molecule has 2 rings (SSSR count). The molecule has 0 amide bonds. The van der Waals surface area contributed by atoms with Gasteiger partial charge in [-0.15, -0.1) is 0 Å². The lowest BCUT2D eigenvalue weighted by Gasteiger charge is -2.19. The van der Waals surface area contributed by atoms with Gasteiger partial charge in [-0.3, -0.25) is 0 Å². The minimum Gasteiger partial charge on any atom is -0.494 e. The van der Waals surface area contributed by atoms with Crippen LogP contribution < -0.4 is 4.74 Å². The van der Waals surface area contributed by atoms with Crippen LogP contribution in [0.15, 0.2) is 24.3 Å². The van der Waals surface area contributed by atoms with E-state index in [9.17, 15) is 0 Å². The molecule has 2 heteroatoms. The van der Waals surface area contributed by atoms with Crippen molar-refractivity contribution in [2.24, 2.45) is 0 Å². The molecule has 1 atom stereocenters. The molecule has 1 aliphatic heterocycles. The normalized spacial score (nSPS) is 20.3. The molecular weight excluding hydrogens is 260 g/mol. The van der Waals surface area contributed by atoms with Gasteiger partial charge in [-0.2, -0.15) is 0 Å². The molecule has 0 aromatic heterocycles. The Morgan fingerprint density at radius 3 is 2.19 bits per heavy atom. The maximum absolute atomic E-state index is 5.81. The lowest BCUT2D eigenvalue weighted by Crippen LogP contribution is -2.10. The molecule has 0 bridgehead atoms. The fourth-order valence-corrected chi connectivity index (χ4v) is 2.59. The monoisotopic (exact) mass is 290 g/mol. The topological polar surface area (TPSA) is 21.8 Å². The number of hydrogen-bond donors (Lipinski definition) is 0. The van der Waals surface area contributed by atoms with Crippen molar-refractivity contribution in [2.45, 2.75) is 77.4 Å². The zero-order valence-corrected chi connectivity index (χ0v) is 14.2. The van der Waals surface area contributed by atoms with Gasteiger partial charge in [0.2, 0.25) is 0 Å². The van der Waals surface area contributed by atoms with E-state index in [1.165, 1.54) is 24.8 Å². The van der Waals surface area contributed by atoms with Crippen LogP contribution in [0.1, 0.15) is 65.9 Å². The van der Waals surface area contributed by atoms with E-state index in [2.05, 4.69) is 58.9 Å². The third-order valence-corrected chi connectivity index (χ3v) is 4.26. The molecule has 1 aromatic carbocycles. The molecule has 2 nitrogen and oxygen atoms in total. The first-order valence-corrected chi connectivity index (χ1v) is 8.20. The van der Waals surface area contributed by atoms with Crippen LogP contribution >= 0.6 is 0 Å². The summed E-state index contributed by atoms with van der Waals surface area (Å²) >= 11 is 0. The summed E-state index contributed by atoms with van der Waals surface area (Å²) in [4.78, 5) is 0. The Bertz CT molecular complexity index is 440. The molecule has 0 radical (unpaired) electrons. The fraction of sp³-hybridized carbons (Fsp3) is 0.684. The molecule has 1 heterocycles. The molecule has 1 saturated heterocycles. The van der Waals surface area contributed by atoms with Gasteiger partial charge in [0.05, 0.1) is 18.3 Å². The first-order valence-electron chi connectivity index (χ1n) is 8.20. The van der Waals surface area contributed by atoms with Crippen LogP contribution in [0, 0.1) is 0 Å². The average molecular weight is 290 g/mol. The van der Waals surface area contributed by atoms with Gasteiger partial charge in [-0.1, -0.05) is 39.3 Å². The highest BCUT2D eigenvalue weighted by Crippen LogP contribution is 2.38. The Morgan fingerprint density at radius 1 is 1.05 bits per heavy atom. The van der Waals surface area contributed by atoms with Crippen LogP contribution in [-0.4, -0.2) is 18.3 Å². The lowest BCUT2D eigenvalue weighted by molar-refractivity contribution is 0.298. The van der Waals surface area contributed by atoms with Crippen molar-refractivity contribution >= 4 is 0 Å². The highest BCUT2D eigenvalue weighted by molar-refractivity contribution is 5.31. The standard InChI is InChI=1S/C19H30O2/c1-18(2,3)15-10-12-16(13-11-15)20-14-8-6-7-9-17-19(4,5)21-17/h10-13,17H,6-9,14H2,1-5H3. The van der Waals surface area contributed by atoms with Crippen molar-refractivity contribution in [1.82, 2.24) is 0 Å². The van der Waals surface area contributed by atoms with Gasteiger partial charge in [0.15, 0.2) is 0 Å². The molecule has 118 valence electrons. The Labute approximate surface area is 129 Å².